The van der Waals surface area contributed by atoms with Crippen LogP contribution in [-0.2, 0) is 38.1 Å². The number of amides is 1. The van der Waals surface area contributed by atoms with Crippen LogP contribution in [0.1, 0.15) is 84.9 Å². The van der Waals surface area contributed by atoms with Crippen LogP contribution in [0.2, 0.25) is 0 Å². The van der Waals surface area contributed by atoms with Crippen molar-refractivity contribution in [3.63, 3.8) is 0 Å². The number of alkyl halides is 3. The van der Waals surface area contributed by atoms with Gasteiger partial charge in [-0.05, 0) is 98.9 Å². The maximum absolute atomic E-state index is 14.6. The lowest BCUT2D eigenvalue weighted by atomic mass is 9.57. The molecule has 0 spiro atoms. The molecule has 1 aromatic heterocycles. The Morgan fingerprint density at radius 1 is 1.10 bits per heavy atom. The van der Waals surface area contributed by atoms with Gasteiger partial charge in [-0.25, -0.2) is 0 Å². The van der Waals surface area contributed by atoms with Crippen molar-refractivity contribution in [2.24, 2.45) is 18.9 Å². The van der Waals surface area contributed by atoms with E-state index in [1.54, 1.807) is 12.4 Å². The summed E-state index contributed by atoms with van der Waals surface area (Å²) in [7, 11) is 1.94. The number of anilines is 1. The third kappa shape index (κ3) is 6.41. The van der Waals surface area contributed by atoms with Gasteiger partial charge in [0.15, 0.2) is 0 Å². The summed E-state index contributed by atoms with van der Waals surface area (Å²) in [5.74, 6) is 1.55. The molecule has 3 aromatic rings. The normalized spacial score (nSPS) is 26.5. The van der Waals surface area contributed by atoms with Crippen molar-refractivity contribution in [2.45, 2.75) is 83.1 Å². The second-order valence-electron chi connectivity index (χ2n) is 15.6. The number of aromatic nitrogens is 3. The first-order chi connectivity index (χ1) is 22.8. The van der Waals surface area contributed by atoms with E-state index in [1.807, 2.05) is 29.8 Å². The lowest BCUT2D eigenvalue weighted by molar-refractivity contribution is -0.138. The van der Waals surface area contributed by atoms with Crippen molar-refractivity contribution >= 4 is 11.6 Å². The molecule has 1 saturated carbocycles. The molecule has 0 unspecified atom stereocenters. The fourth-order valence-electron chi connectivity index (χ4n) is 8.93. The summed E-state index contributed by atoms with van der Waals surface area (Å²) in [6, 6.07) is 10.9. The molecule has 2 aromatic carbocycles. The molecule has 4 aliphatic rings. The number of piperidine rings is 1. The van der Waals surface area contributed by atoms with Gasteiger partial charge < -0.3 is 14.8 Å². The highest BCUT2D eigenvalue weighted by Gasteiger charge is 2.45. The van der Waals surface area contributed by atoms with E-state index in [4.69, 9.17) is 0 Å². The number of halogens is 3. The highest BCUT2D eigenvalue weighted by atomic mass is 19.4. The minimum Gasteiger partial charge on any atom is -0.321 e. The van der Waals surface area contributed by atoms with Gasteiger partial charge in [-0.2, -0.15) is 13.2 Å². The number of nitrogens with one attached hydrogen (secondary N) is 1. The molecule has 48 heavy (non-hydrogen) atoms. The van der Waals surface area contributed by atoms with Crippen LogP contribution in [0.25, 0.3) is 0 Å². The molecule has 8 nitrogen and oxygen atoms in total. The van der Waals surface area contributed by atoms with Crippen molar-refractivity contribution < 1.29 is 18.0 Å². The van der Waals surface area contributed by atoms with Gasteiger partial charge in [-0.15, -0.1) is 10.2 Å². The summed E-state index contributed by atoms with van der Waals surface area (Å²) in [5.41, 5.74) is 1.77. The van der Waals surface area contributed by atoms with Crippen molar-refractivity contribution in [2.75, 3.05) is 44.2 Å². The van der Waals surface area contributed by atoms with Crippen molar-refractivity contribution in [1.82, 2.24) is 29.9 Å². The second kappa shape index (κ2) is 12.6. The Kier molecular flexibility index (Phi) is 8.69. The van der Waals surface area contributed by atoms with Gasteiger partial charge in [0.1, 0.15) is 12.2 Å². The maximum Gasteiger partial charge on any atom is 0.416 e. The van der Waals surface area contributed by atoms with Crippen LogP contribution in [0.5, 0.6) is 0 Å². The van der Waals surface area contributed by atoms with Crippen LogP contribution >= 0.6 is 0 Å². The minimum absolute atomic E-state index is 0.0742. The smallest absolute Gasteiger partial charge is 0.321 e. The first-order valence-electron chi connectivity index (χ1n) is 17.5. The van der Waals surface area contributed by atoms with Gasteiger partial charge in [-0.1, -0.05) is 19.1 Å². The molecule has 0 radical (unpaired) electrons. The quantitative estimate of drug-likeness (QED) is 0.329. The Morgan fingerprint density at radius 2 is 1.92 bits per heavy atom. The van der Waals surface area contributed by atoms with Gasteiger partial charge in [0.05, 0.1) is 12.1 Å². The summed E-state index contributed by atoms with van der Waals surface area (Å²) >= 11 is 0. The first-order valence-corrected chi connectivity index (χ1v) is 17.5. The standard InChI is InChI=1S/C37H48F3N7O/c1-25-16-36(17-25,18-33-43-42-24-44(33)4)28-8-5-9-29(15-28)47-22-31-30(34(47)48)13-27(14-32(31)37(38,39)40)20-45-11-6-7-26(19-45)21-46-12-10-41-23-35(46,2)3/h5,8-9,13-15,24-26,41H,6-7,10-12,16-23H2,1-4H3/t25?,26-,36?/m0/s1. The zero-order chi connectivity index (χ0) is 33.8. The van der Waals surface area contributed by atoms with Crippen molar-refractivity contribution in [1.29, 1.82) is 0 Å². The minimum atomic E-state index is -4.56. The van der Waals surface area contributed by atoms with Gasteiger partial charge in [0.25, 0.3) is 5.91 Å². The first kappa shape index (κ1) is 33.2. The molecule has 11 heteroatoms. The molecule has 1 atom stereocenters. The number of likely N-dealkylation sites (tertiary alicyclic amines) is 1. The monoisotopic (exact) mass is 663 g/mol. The number of benzene rings is 2. The topological polar surface area (TPSA) is 69.5 Å². The van der Waals surface area contributed by atoms with E-state index in [-0.39, 0.29) is 34.5 Å². The molecule has 1 amide bonds. The molecule has 4 heterocycles. The van der Waals surface area contributed by atoms with Gasteiger partial charge in [0, 0.05) is 74.9 Å². The number of rotatable bonds is 8. The fraction of sp³-hybridized carbons (Fsp3) is 0.595. The summed E-state index contributed by atoms with van der Waals surface area (Å²) in [6.45, 7) is 12.7. The van der Waals surface area contributed by atoms with Crippen molar-refractivity contribution in [3.05, 3.63) is 76.4 Å². The van der Waals surface area contributed by atoms with E-state index in [1.165, 1.54) is 11.0 Å². The van der Waals surface area contributed by atoms with Gasteiger partial charge in [0.2, 0.25) is 0 Å². The molecular weight excluding hydrogens is 615 g/mol. The molecule has 3 aliphatic heterocycles. The number of hydrogen-bond donors (Lipinski definition) is 1. The largest absolute Gasteiger partial charge is 0.416 e. The highest BCUT2D eigenvalue weighted by Crippen LogP contribution is 2.50. The number of carbonyl (C=O) groups is 1. The van der Waals surface area contributed by atoms with E-state index >= 15 is 0 Å². The SMILES string of the molecule is CC1CC(Cc2nncn2C)(c2cccc(N3Cc4c(cc(CN5CCC[C@H](CN6CCNCC6(C)C)C5)cc4C(F)(F)F)C3=O)c2)C1. The zero-order valence-electron chi connectivity index (χ0n) is 28.6. The number of hydrogen-bond acceptors (Lipinski definition) is 6. The summed E-state index contributed by atoms with van der Waals surface area (Å²) < 4.78 is 45.8. The van der Waals surface area contributed by atoms with Crippen LogP contribution < -0.4 is 10.2 Å². The summed E-state index contributed by atoms with van der Waals surface area (Å²) in [5, 5.41) is 11.9. The van der Waals surface area contributed by atoms with Crippen LogP contribution in [0, 0.1) is 11.8 Å². The Hall–Kier alpha value is -3.28. The fourth-order valence-corrected chi connectivity index (χ4v) is 8.93. The van der Waals surface area contributed by atoms with Gasteiger partial charge in [-0.3, -0.25) is 14.6 Å². The molecule has 1 aliphatic carbocycles. The molecule has 1 N–H and O–H groups in total. The number of aryl methyl sites for hydroxylation is 1. The van der Waals surface area contributed by atoms with Crippen LogP contribution in [-0.4, -0.2) is 75.3 Å². The number of piperazine rings is 1. The maximum atomic E-state index is 14.6. The molecule has 7 rings (SSSR count). The number of carbonyl (C=O) groups excluding carboxylic acids is 1. The zero-order valence-corrected chi connectivity index (χ0v) is 28.6. The van der Waals surface area contributed by atoms with Gasteiger partial charge >= 0.3 is 6.18 Å². The molecule has 0 bridgehead atoms. The van der Waals surface area contributed by atoms with Crippen molar-refractivity contribution in [3.8, 4) is 0 Å². The summed E-state index contributed by atoms with van der Waals surface area (Å²) in [6.07, 6.45) is 1.96. The third-order valence-corrected chi connectivity index (χ3v) is 11.4. The Morgan fingerprint density at radius 3 is 2.62 bits per heavy atom. The molecule has 258 valence electrons. The number of fused-ring (bicyclic) bond motifs is 1. The van der Waals surface area contributed by atoms with E-state index in [2.05, 4.69) is 52.2 Å². The van der Waals surface area contributed by atoms with Crippen LogP contribution in [0.15, 0.2) is 42.7 Å². The molecule has 2 saturated heterocycles. The average Bonchev–Trinajstić information content (AvgIpc) is 3.58. The number of nitrogens with zero attached hydrogens (tertiary/aromatic N) is 6. The second-order valence-corrected chi connectivity index (χ2v) is 15.6. The van der Waals surface area contributed by atoms with E-state index in [0.717, 1.165) is 82.8 Å². The van der Waals surface area contributed by atoms with Crippen LogP contribution in [0.3, 0.4) is 0 Å². The Labute approximate surface area is 281 Å². The summed E-state index contributed by atoms with van der Waals surface area (Å²) in [4.78, 5) is 20.3. The molecular formula is C37H48F3N7O. The predicted octanol–water partition coefficient (Wildman–Crippen LogP) is 5.80. The third-order valence-electron chi connectivity index (χ3n) is 11.4. The van der Waals surface area contributed by atoms with E-state index < -0.39 is 11.7 Å². The average molecular weight is 664 g/mol. The Balaban J connectivity index is 1.12. The van der Waals surface area contributed by atoms with E-state index in [0.29, 0.717) is 29.6 Å². The molecule has 3 fully saturated rings. The predicted molar refractivity (Wildman–Crippen MR) is 180 cm³/mol. The Bertz CT molecular complexity index is 1660. The van der Waals surface area contributed by atoms with Crippen LogP contribution in [0.4, 0.5) is 18.9 Å². The lowest BCUT2D eigenvalue weighted by Gasteiger charge is -2.47. The van der Waals surface area contributed by atoms with E-state index in [9.17, 15) is 18.0 Å². The highest BCUT2D eigenvalue weighted by molar-refractivity contribution is 6.10. The lowest BCUT2D eigenvalue weighted by Crippen LogP contribution is -2.59.